The van der Waals surface area contributed by atoms with Gasteiger partial charge in [0, 0.05) is 0 Å². The summed E-state index contributed by atoms with van der Waals surface area (Å²) in [6.07, 6.45) is 2.24. The van der Waals surface area contributed by atoms with Crippen LogP contribution in [0.5, 0.6) is 0 Å². The number of carbonyl (C=O) groups excluding carboxylic acids is 2. The van der Waals surface area contributed by atoms with E-state index in [0.717, 1.165) is 11.3 Å². The van der Waals surface area contributed by atoms with Gasteiger partial charge in [0.25, 0.3) is 0 Å². The van der Waals surface area contributed by atoms with E-state index in [2.05, 4.69) is 0 Å². The van der Waals surface area contributed by atoms with Gasteiger partial charge >= 0.3 is 6.09 Å². The molecule has 1 fully saturated rings. The van der Waals surface area contributed by atoms with E-state index in [1.165, 1.54) is 10.5 Å². The highest BCUT2D eigenvalue weighted by Gasteiger charge is 2.39. The van der Waals surface area contributed by atoms with Crippen LogP contribution in [0.15, 0.2) is 10.5 Å². The number of amides is 2. The standard InChI is InChI=1S/C10H13NO3S/c1-6-5-7(8(6)15-2)9(12)11-3-4-14-10(11)13/h7H,3-5H2,1-2H3. The fourth-order valence-corrected chi connectivity index (χ4v) is 2.86. The Hall–Kier alpha value is -0.970. The van der Waals surface area contributed by atoms with Gasteiger partial charge in [-0.15, -0.1) is 11.8 Å². The zero-order valence-corrected chi connectivity index (χ0v) is 9.60. The minimum atomic E-state index is -0.495. The molecule has 0 spiro atoms. The Morgan fingerprint density at radius 1 is 1.60 bits per heavy atom. The van der Waals surface area contributed by atoms with E-state index in [0.29, 0.717) is 13.2 Å². The molecule has 1 heterocycles. The number of ether oxygens (including phenoxy) is 1. The highest BCUT2D eigenvalue weighted by atomic mass is 32.2. The highest BCUT2D eigenvalue weighted by Crippen LogP contribution is 2.42. The number of nitrogens with zero attached hydrogens (tertiary/aromatic N) is 1. The van der Waals surface area contributed by atoms with Crippen LogP contribution in [0.25, 0.3) is 0 Å². The molecule has 0 radical (unpaired) electrons. The van der Waals surface area contributed by atoms with Gasteiger partial charge in [0.15, 0.2) is 0 Å². The molecule has 1 saturated heterocycles. The fourth-order valence-electron chi connectivity index (χ4n) is 1.96. The molecule has 82 valence electrons. The lowest BCUT2D eigenvalue weighted by atomic mass is 9.86. The second-order valence-electron chi connectivity index (χ2n) is 3.71. The normalized spacial score (nSPS) is 25.3. The summed E-state index contributed by atoms with van der Waals surface area (Å²) in [5.41, 5.74) is 1.26. The number of cyclic esters (lactones) is 1. The average Bonchev–Trinajstić information content (AvgIpc) is 2.60. The molecule has 4 nitrogen and oxygen atoms in total. The minimum absolute atomic E-state index is 0.104. The zero-order valence-electron chi connectivity index (χ0n) is 8.78. The van der Waals surface area contributed by atoms with E-state index >= 15 is 0 Å². The Balaban J connectivity index is 2.07. The molecule has 0 saturated carbocycles. The maximum Gasteiger partial charge on any atom is 0.416 e. The first-order valence-electron chi connectivity index (χ1n) is 4.87. The molecule has 0 aromatic carbocycles. The first-order valence-corrected chi connectivity index (χ1v) is 6.09. The summed E-state index contributed by atoms with van der Waals surface area (Å²) in [6, 6.07) is 0. The molecule has 1 aliphatic carbocycles. The summed E-state index contributed by atoms with van der Waals surface area (Å²) in [6.45, 7) is 2.75. The van der Waals surface area contributed by atoms with Crippen molar-refractivity contribution in [1.82, 2.24) is 4.90 Å². The smallest absolute Gasteiger partial charge is 0.416 e. The van der Waals surface area contributed by atoms with Gasteiger partial charge in [-0.2, -0.15) is 0 Å². The number of rotatable bonds is 2. The third-order valence-electron chi connectivity index (χ3n) is 2.79. The molecule has 0 aromatic heterocycles. The summed E-state index contributed by atoms with van der Waals surface area (Å²) in [5, 5.41) is 0. The molecule has 0 bridgehead atoms. The van der Waals surface area contributed by atoms with Crippen molar-refractivity contribution in [2.45, 2.75) is 13.3 Å². The number of hydrogen-bond acceptors (Lipinski definition) is 4. The van der Waals surface area contributed by atoms with Gasteiger partial charge in [0.1, 0.15) is 6.61 Å². The van der Waals surface area contributed by atoms with Crippen molar-refractivity contribution >= 4 is 23.8 Å². The van der Waals surface area contributed by atoms with Gasteiger partial charge in [-0.25, -0.2) is 9.69 Å². The average molecular weight is 227 g/mol. The van der Waals surface area contributed by atoms with Crippen LogP contribution in [0.3, 0.4) is 0 Å². The maximum absolute atomic E-state index is 11.9. The predicted molar refractivity (Wildman–Crippen MR) is 57.4 cm³/mol. The second kappa shape index (κ2) is 3.89. The van der Waals surface area contributed by atoms with Crippen LogP contribution in [0.1, 0.15) is 13.3 Å². The summed E-state index contributed by atoms with van der Waals surface area (Å²) in [7, 11) is 0. The van der Waals surface area contributed by atoms with Crippen LogP contribution >= 0.6 is 11.8 Å². The molecular weight excluding hydrogens is 214 g/mol. The summed E-state index contributed by atoms with van der Waals surface area (Å²) in [4.78, 5) is 25.5. The third-order valence-corrected chi connectivity index (χ3v) is 3.87. The summed E-state index contributed by atoms with van der Waals surface area (Å²) >= 11 is 1.60. The maximum atomic E-state index is 11.9. The molecule has 1 unspecified atom stereocenters. The van der Waals surface area contributed by atoms with Crippen molar-refractivity contribution in [2.75, 3.05) is 19.4 Å². The first kappa shape index (κ1) is 10.5. The quantitative estimate of drug-likeness (QED) is 0.719. The largest absolute Gasteiger partial charge is 0.447 e. The summed E-state index contributed by atoms with van der Waals surface area (Å²) < 4.78 is 4.74. The van der Waals surface area contributed by atoms with Crippen molar-refractivity contribution in [3.05, 3.63) is 10.5 Å². The fraction of sp³-hybridized carbons (Fsp3) is 0.600. The lowest BCUT2D eigenvalue weighted by Gasteiger charge is -2.31. The topological polar surface area (TPSA) is 46.6 Å². The van der Waals surface area contributed by atoms with Crippen LogP contribution in [0.4, 0.5) is 4.79 Å². The van der Waals surface area contributed by atoms with Crippen molar-refractivity contribution in [3.63, 3.8) is 0 Å². The van der Waals surface area contributed by atoms with Gasteiger partial charge in [0.2, 0.25) is 5.91 Å². The van der Waals surface area contributed by atoms with Crippen molar-refractivity contribution in [2.24, 2.45) is 5.92 Å². The molecule has 1 atom stereocenters. The lowest BCUT2D eigenvalue weighted by Crippen LogP contribution is -2.40. The molecule has 2 aliphatic rings. The monoisotopic (exact) mass is 227 g/mol. The van der Waals surface area contributed by atoms with Gasteiger partial charge in [-0.3, -0.25) is 4.79 Å². The number of carbonyl (C=O) groups is 2. The molecule has 2 amide bonds. The minimum Gasteiger partial charge on any atom is -0.447 e. The first-order chi connectivity index (χ1) is 7.15. The van der Waals surface area contributed by atoms with E-state index in [9.17, 15) is 9.59 Å². The molecule has 5 heteroatoms. The Morgan fingerprint density at radius 3 is 2.80 bits per heavy atom. The van der Waals surface area contributed by atoms with Crippen molar-refractivity contribution in [3.8, 4) is 0 Å². The van der Waals surface area contributed by atoms with Crippen LogP contribution in [0.2, 0.25) is 0 Å². The van der Waals surface area contributed by atoms with Crippen LogP contribution in [-0.2, 0) is 9.53 Å². The highest BCUT2D eigenvalue weighted by molar-refractivity contribution is 8.02. The van der Waals surface area contributed by atoms with Gasteiger partial charge < -0.3 is 4.74 Å². The molecule has 0 aromatic rings. The Labute approximate surface area is 92.6 Å². The van der Waals surface area contributed by atoms with E-state index in [1.807, 2.05) is 13.2 Å². The van der Waals surface area contributed by atoms with E-state index in [4.69, 9.17) is 4.74 Å². The van der Waals surface area contributed by atoms with Crippen molar-refractivity contribution in [1.29, 1.82) is 0 Å². The number of thioether (sulfide) groups is 1. The molecule has 2 rings (SSSR count). The van der Waals surface area contributed by atoms with Crippen LogP contribution < -0.4 is 0 Å². The molecule has 15 heavy (non-hydrogen) atoms. The summed E-state index contributed by atoms with van der Waals surface area (Å²) in [5.74, 6) is -0.210. The van der Waals surface area contributed by atoms with Crippen molar-refractivity contribution < 1.29 is 14.3 Å². The molecular formula is C10H13NO3S. The van der Waals surface area contributed by atoms with E-state index in [-0.39, 0.29) is 11.8 Å². The number of hydrogen-bond donors (Lipinski definition) is 0. The van der Waals surface area contributed by atoms with Gasteiger partial charge in [-0.1, -0.05) is 5.57 Å². The van der Waals surface area contributed by atoms with E-state index in [1.54, 1.807) is 11.8 Å². The van der Waals surface area contributed by atoms with Crippen LogP contribution in [-0.4, -0.2) is 36.3 Å². The second-order valence-corrected chi connectivity index (χ2v) is 4.56. The van der Waals surface area contributed by atoms with E-state index < -0.39 is 6.09 Å². The Morgan fingerprint density at radius 2 is 2.33 bits per heavy atom. The Bertz CT molecular complexity index is 351. The zero-order chi connectivity index (χ0) is 11.0. The van der Waals surface area contributed by atoms with Crippen LogP contribution in [0, 0.1) is 5.92 Å². The predicted octanol–water partition coefficient (Wildman–Crippen LogP) is 1.62. The Kier molecular flexibility index (Phi) is 2.73. The van der Waals surface area contributed by atoms with Gasteiger partial charge in [-0.05, 0) is 24.5 Å². The molecule has 0 N–H and O–H groups in total. The third kappa shape index (κ3) is 1.65. The number of imide groups is 1. The van der Waals surface area contributed by atoms with Gasteiger partial charge in [0.05, 0.1) is 12.5 Å². The lowest BCUT2D eigenvalue weighted by molar-refractivity contribution is -0.131. The number of allylic oxidation sites excluding steroid dienone is 1. The molecule has 1 aliphatic heterocycles. The SMILES string of the molecule is CSC1=C(C)CC1C(=O)N1CCOC1=O.